The van der Waals surface area contributed by atoms with Gasteiger partial charge in [-0.1, -0.05) is 35.9 Å². The van der Waals surface area contributed by atoms with E-state index in [1.165, 1.54) is 0 Å². The summed E-state index contributed by atoms with van der Waals surface area (Å²) in [4.78, 5) is 4.52. The molecule has 3 rings (SSSR count). The molecule has 2 aromatic carbocycles. The highest BCUT2D eigenvalue weighted by molar-refractivity contribution is 6.30. The minimum atomic E-state index is 0.0400. The lowest BCUT2D eigenvalue weighted by Crippen LogP contribution is -2.10. The third-order valence-electron chi connectivity index (χ3n) is 3.66. The van der Waals surface area contributed by atoms with Crippen LogP contribution in [-0.4, -0.2) is 22.3 Å². The van der Waals surface area contributed by atoms with Gasteiger partial charge in [0.15, 0.2) is 0 Å². The van der Waals surface area contributed by atoms with Crippen LogP contribution in [0.15, 0.2) is 54.7 Å². The minimum absolute atomic E-state index is 0.0400. The van der Waals surface area contributed by atoms with Gasteiger partial charge in [0, 0.05) is 10.6 Å². The minimum Gasteiger partial charge on any atom is -0.497 e. The van der Waals surface area contributed by atoms with Crippen molar-refractivity contribution < 1.29 is 4.74 Å². The number of aromatic nitrogens is 3. The summed E-state index contributed by atoms with van der Waals surface area (Å²) in [6.07, 6.45) is 1.63. The largest absolute Gasteiger partial charge is 0.497 e. The van der Waals surface area contributed by atoms with E-state index in [1.807, 2.05) is 55.5 Å². The van der Waals surface area contributed by atoms with Crippen molar-refractivity contribution in [1.82, 2.24) is 15.2 Å². The normalized spacial score (nSPS) is 11.8. The summed E-state index contributed by atoms with van der Waals surface area (Å²) < 4.78 is 5.18. The number of hydrogen-bond donors (Lipinski definition) is 1. The van der Waals surface area contributed by atoms with Crippen molar-refractivity contribution >= 4 is 17.5 Å². The fourth-order valence-electron chi connectivity index (χ4n) is 2.29. The van der Waals surface area contributed by atoms with Gasteiger partial charge in [-0.2, -0.15) is 5.10 Å². The molecule has 6 heteroatoms. The molecule has 0 unspecified atom stereocenters. The van der Waals surface area contributed by atoms with E-state index in [0.717, 1.165) is 22.6 Å². The first-order valence-corrected chi connectivity index (χ1v) is 7.89. The van der Waals surface area contributed by atoms with Crippen LogP contribution in [0.2, 0.25) is 5.02 Å². The van der Waals surface area contributed by atoms with Gasteiger partial charge in [0.2, 0.25) is 5.95 Å². The number of rotatable bonds is 5. The van der Waals surface area contributed by atoms with Gasteiger partial charge in [0.05, 0.1) is 25.0 Å². The number of halogens is 1. The van der Waals surface area contributed by atoms with E-state index >= 15 is 0 Å². The summed E-state index contributed by atoms with van der Waals surface area (Å²) in [7, 11) is 1.65. The first-order valence-electron chi connectivity index (χ1n) is 7.52. The van der Waals surface area contributed by atoms with Crippen molar-refractivity contribution in [2.45, 2.75) is 13.0 Å². The Balaban J connectivity index is 1.77. The lowest BCUT2D eigenvalue weighted by atomic mass is 10.1. The van der Waals surface area contributed by atoms with Gasteiger partial charge in [-0.05, 0) is 36.8 Å². The number of hydrogen-bond acceptors (Lipinski definition) is 5. The molecule has 0 bridgehead atoms. The van der Waals surface area contributed by atoms with Crippen LogP contribution in [0.25, 0.3) is 11.3 Å². The van der Waals surface area contributed by atoms with Crippen LogP contribution in [0, 0.1) is 0 Å². The zero-order valence-corrected chi connectivity index (χ0v) is 14.2. The average Bonchev–Trinajstić information content (AvgIpc) is 2.62. The van der Waals surface area contributed by atoms with Crippen LogP contribution in [-0.2, 0) is 0 Å². The van der Waals surface area contributed by atoms with Crippen molar-refractivity contribution in [3.8, 4) is 17.0 Å². The van der Waals surface area contributed by atoms with Gasteiger partial charge >= 0.3 is 0 Å². The molecule has 0 fully saturated rings. The maximum atomic E-state index is 5.92. The number of ether oxygens (including phenoxy) is 1. The van der Waals surface area contributed by atoms with Gasteiger partial charge in [-0.25, -0.2) is 4.98 Å². The van der Waals surface area contributed by atoms with Crippen LogP contribution < -0.4 is 10.1 Å². The van der Waals surface area contributed by atoms with Gasteiger partial charge in [-0.15, -0.1) is 5.10 Å². The number of methoxy groups -OCH3 is 1. The molecule has 1 N–H and O–H groups in total. The molecule has 0 saturated heterocycles. The Labute approximate surface area is 145 Å². The molecule has 3 aromatic rings. The summed E-state index contributed by atoms with van der Waals surface area (Å²) in [6.45, 7) is 2.04. The Morgan fingerprint density at radius 2 is 1.75 bits per heavy atom. The maximum absolute atomic E-state index is 5.92. The Kier molecular flexibility index (Phi) is 4.91. The van der Waals surface area contributed by atoms with E-state index in [0.29, 0.717) is 11.0 Å². The highest BCUT2D eigenvalue weighted by Crippen LogP contribution is 2.22. The summed E-state index contributed by atoms with van der Waals surface area (Å²) in [6, 6.07) is 15.4. The topological polar surface area (TPSA) is 59.9 Å². The molecule has 0 saturated carbocycles. The molecule has 1 heterocycles. The third-order valence-corrected chi connectivity index (χ3v) is 3.91. The molecular formula is C18H17ClN4O. The Hall–Kier alpha value is -2.66. The molecular weight excluding hydrogens is 324 g/mol. The third kappa shape index (κ3) is 3.81. The van der Waals surface area contributed by atoms with Gasteiger partial charge in [0.1, 0.15) is 5.75 Å². The number of anilines is 1. The molecule has 0 radical (unpaired) electrons. The molecule has 0 aliphatic carbocycles. The predicted molar refractivity (Wildman–Crippen MR) is 95.3 cm³/mol. The van der Waals surface area contributed by atoms with Gasteiger partial charge < -0.3 is 10.1 Å². The molecule has 0 aliphatic rings. The molecule has 5 nitrogen and oxygen atoms in total. The molecule has 0 spiro atoms. The van der Waals surface area contributed by atoms with Crippen molar-refractivity contribution in [2.24, 2.45) is 0 Å². The SMILES string of the molecule is COc1ccc([C@@H](C)Nc2nncc(-c3ccc(Cl)cc3)n2)cc1. The molecule has 24 heavy (non-hydrogen) atoms. The van der Waals surface area contributed by atoms with Gasteiger partial charge in [-0.3, -0.25) is 0 Å². The quantitative estimate of drug-likeness (QED) is 0.747. The Bertz CT molecular complexity index is 806. The first kappa shape index (κ1) is 16.2. The van der Waals surface area contributed by atoms with Crippen LogP contribution >= 0.6 is 11.6 Å². The second-order valence-electron chi connectivity index (χ2n) is 5.31. The highest BCUT2D eigenvalue weighted by Gasteiger charge is 2.09. The van der Waals surface area contributed by atoms with E-state index in [2.05, 4.69) is 20.5 Å². The summed E-state index contributed by atoms with van der Waals surface area (Å²) in [5, 5.41) is 12.0. The van der Waals surface area contributed by atoms with Crippen LogP contribution in [0.3, 0.4) is 0 Å². The maximum Gasteiger partial charge on any atom is 0.243 e. The highest BCUT2D eigenvalue weighted by atomic mass is 35.5. The predicted octanol–water partition coefficient (Wildman–Crippen LogP) is 4.37. The molecule has 0 amide bonds. The van der Waals surface area contributed by atoms with Crippen LogP contribution in [0.5, 0.6) is 5.75 Å². The Morgan fingerprint density at radius 1 is 1.04 bits per heavy atom. The zero-order valence-electron chi connectivity index (χ0n) is 13.4. The lowest BCUT2D eigenvalue weighted by Gasteiger charge is -2.14. The molecule has 0 aliphatic heterocycles. The fraction of sp³-hybridized carbons (Fsp3) is 0.167. The van der Waals surface area contributed by atoms with Crippen molar-refractivity contribution in [3.63, 3.8) is 0 Å². The first-order chi connectivity index (χ1) is 11.7. The van der Waals surface area contributed by atoms with E-state index in [-0.39, 0.29) is 6.04 Å². The van der Waals surface area contributed by atoms with E-state index in [4.69, 9.17) is 16.3 Å². The Morgan fingerprint density at radius 3 is 2.42 bits per heavy atom. The second kappa shape index (κ2) is 7.27. The number of benzene rings is 2. The van der Waals surface area contributed by atoms with E-state index in [1.54, 1.807) is 13.3 Å². The number of nitrogens with zero attached hydrogens (tertiary/aromatic N) is 3. The average molecular weight is 341 g/mol. The summed E-state index contributed by atoms with van der Waals surface area (Å²) in [5.74, 6) is 1.30. The van der Waals surface area contributed by atoms with E-state index in [9.17, 15) is 0 Å². The monoisotopic (exact) mass is 340 g/mol. The molecule has 1 atom stereocenters. The second-order valence-corrected chi connectivity index (χ2v) is 5.75. The standard InChI is InChI=1S/C18H17ClN4O/c1-12(13-5-9-16(24-2)10-6-13)21-18-22-17(11-20-23-18)14-3-7-15(19)8-4-14/h3-12H,1-2H3,(H,21,22,23)/t12-/m1/s1. The smallest absolute Gasteiger partial charge is 0.243 e. The van der Waals surface area contributed by atoms with Crippen molar-refractivity contribution in [3.05, 3.63) is 65.3 Å². The van der Waals surface area contributed by atoms with E-state index < -0.39 is 0 Å². The van der Waals surface area contributed by atoms with Crippen molar-refractivity contribution in [1.29, 1.82) is 0 Å². The van der Waals surface area contributed by atoms with Gasteiger partial charge in [0.25, 0.3) is 0 Å². The number of nitrogens with one attached hydrogen (secondary N) is 1. The van der Waals surface area contributed by atoms with Crippen LogP contribution in [0.1, 0.15) is 18.5 Å². The summed E-state index contributed by atoms with van der Waals surface area (Å²) in [5.41, 5.74) is 2.79. The summed E-state index contributed by atoms with van der Waals surface area (Å²) >= 11 is 5.92. The molecule has 122 valence electrons. The van der Waals surface area contributed by atoms with Crippen LogP contribution in [0.4, 0.5) is 5.95 Å². The zero-order chi connectivity index (χ0) is 16.9. The molecule has 1 aromatic heterocycles. The fourth-order valence-corrected chi connectivity index (χ4v) is 2.42. The van der Waals surface area contributed by atoms with Crippen molar-refractivity contribution in [2.75, 3.05) is 12.4 Å². The lowest BCUT2D eigenvalue weighted by molar-refractivity contribution is 0.414.